The van der Waals surface area contributed by atoms with Crippen LogP contribution in [0, 0.1) is 11.8 Å². The van der Waals surface area contributed by atoms with Crippen LogP contribution in [0.5, 0.6) is 0 Å². The zero-order chi connectivity index (χ0) is 11.3. The quantitative estimate of drug-likeness (QED) is 0.483. The number of hydrogen-bond donors (Lipinski definition) is 0. The fourth-order valence-corrected chi connectivity index (χ4v) is 1.91. The first kappa shape index (κ1) is 11.7. The minimum atomic E-state index is 0.586. The lowest BCUT2D eigenvalue weighted by molar-refractivity contribution is 0.490. The van der Waals surface area contributed by atoms with E-state index in [1.54, 1.807) is 6.20 Å². The Morgan fingerprint density at radius 2 is 2.33 bits per heavy atom. The van der Waals surface area contributed by atoms with Gasteiger partial charge in [-0.3, -0.25) is 4.99 Å². The predicted octanol–water partition coefficient (Wildman–Crippen LogP) is 3.92. The third-order valence-corrected chi connectivity index (χ3v) is 2.90. The topological polar surface area (TPSA) is 12.4 Å². The normalized spacial score (nSPS) is 26.0. The number of aliphatic imine (C=N–C) groups is 1. The summed E-state index contributed by atoms with van der Waals surface area (Å²) in [6, 6.07) is 0. The van der Waals surface area contributed by atoms with Crippen molar-refractivity contribution in [1.82, 2.24) is 0 Å². The van der Waals surface area contributed by atoms with Crippen molar-refractivity contribution in [2.45, 2.75) is 20.3 Å². The fraction of sp³-hybridized carbons (Fsp3) is 0.357. The zero-order valence-corrected chi connectivity index (χ0v) is 9.61. The highest BCUT2D eigenvalue weighted by Gasteiger charge is 2.15. The minimum Gasteiger partial charge on any atom is -0.272 e. The van der Waals surface area contributed by atoms with Gasteiger partial charge in [0.2, 0.25) is 0 Å². The van der Waals surface area contributed by atoms with Crippen LogP contribution in [0.15, 0.2) is 53.2 Å². The summed E-state index contributed by atoms with van der Waals surface area (Å²) >= 11 is 0. The highest BCUT2D eigenvalue weighted by molar-refractivity contribution is 5.48. The van der Waals surface area contributed by atoms with Crippen molar-refractivity contribution < 1.29 is 0 Å². The molecule has 0 aliphatic heterocycles. The summed E-state index contributed by atoms with van der Waals surface area (Å²) in [5, 5.41) is 0. The maximum Gasteiger partial charge on any atom is 0.0338 e. The zero-order valence-electron chi connectivity index (χ0n) is 9.61. The Labute approximate surface area is 92.6 Å². The highest BCUT2D eigenvalue weighted by Crippen LogP contribution is 2.28. The Bertz CT molecular complexity index is 331. The van der Waals surface area contributed by atoms with Gasteiger partial charge in [-0.05, 0) is 36.1 Å². The van der Waals surface area contributed by atoms with Crippen molar-refractivity contribution in [3.05, 3.63) is 48.2 Å². The van der Waals surface area contributed by atoms with E-state index in [9.17, 15) is 0 Å². The summed E-state index contributed by atoms with van der Waals surface area (Å²) in [4.78, 5) is 3.79. The number of hydrogen-bond acceptors (Lipinski definition) is 1. The molecule has 1 aliphatic rings. The van der Waals surface area contributed by atoms with Crippen LogP contribution in [-0.4, -0.2) is 6.72 Å². The summed E-state index contributed by atoms with van der Waals surface area (Å²) in [5.74, 6) is 1.25. The second-order valence-electron chi connectivity index (χ2n) is 3.88. The molecule has 2 unspecified atom stereocenters. The van der Waals surface area contributed by atoms with E-state index < -0.39 is 0 Å². The maximum absolute atomic E-state index is 3.79. The van der Waals surface area contributed by atoms with Crippen LogP contribution in [0.1, 0.15) is 20.3 Å². The average Bonchev–Trinajstić information content (AvgIpc) is 2.25. The van der Waals surface area contributed by atoms with Crippen molar-refractivity contribution in [2.75, 3.05) is 0 Å². The molecule has 0 saturated heterocycles. The van der Waals surface area contributed by atoms with E-state index in [0.29, 0.717) is 11.8 Å². The Balaban J connectivity index is 2.91. The molecule has 0 fully saturated rings. The van der Waals surface area contributed by atoms with Crippen LogP contribution in [-0.2, 0) is 0 Å². The van der Waals surface area contributed by atoms with Gasteiger partial charge in [0.15, 0.2) is 0 Å². The molecule has 0 radical (unpaired) electrons. The van der Waals surface area contributed by atoms with Gasteiger partial charge >= 0.3 is 0 Å². The van der Waals surface area contributed by atoms with Crippen molar-refractivity contribution in [3.63, 3.8) is 0 Å². The SMILES string of the molecule is C=C/C(=C\N=C)C1=CC(C)C(CC)C=C1. The molecule has 0 amide bonds. The number of allylic oxidation sites excluding steroid dienone is 6. The molecular formula is C14H19N. The molecule has 0 spiro atoms. The lowest BCUT2D eigenvalue weighted by Crippen LogP contribution is -2.10. The molecule has 0 bridgehead atoms. The summed E-state index contributed by atoms with van der Waals surface area (Å²) < 4.78 is 0. The molecule has 0 aromatic heterocycles. The molecule has 0 N–H and O–H groups in total. The van der Waals surface area contributed by atoms with Crippen LogP contribution >= 0.6 is 0 Å². The Hall–Kier alpha value is -1.37. The average molecular weight is 201 g/mol. The van der Waals surface area contributed by atoms with Crippen molar-refractivity contribution in [2.24, 2.45) is 16.8 Å². The number of nitrogens with zero attached hydrogens (tertiary/aromatic N) is 1. The van der Waals surface area contributed by atoms with Crippen molar-refractivity contribution in [3.8, 4) is 0 Å². The van der Waals surface area contributed by atoms with Gasteiger partial charge in [-0.25, -0.2) is 0 Å². The van der Waals surface area contributed by atoms with E-state index in [1.807, 2.05) is 6.08 Å². The second-order valence-corrected chi connectivity index (χ2v) is 3.88. The Morgan fingerprint density at radius 3 is 2.80 bits per heavy atom. The standard InChI is InChI=1S/C14H19N/c1-5-12-7-8-14(9-11(12)3)13(6-2)10-15-4/h6-12H,2,4-5H2,1,3H3/b13-10+. The van der Waals surface area contributed by atoms with Gasteiger partial charge in [0.1, 0.15) is 0 Å². The fourth-order valence-electron chi connectivity index (χ4n) is 1.91. The molecule has 0 heterocycles. The van der Waals surface area contributed by atoms with Gasteiger partial charge in [0.25, 0.3) is 0 Å². The van der Waals surface area contributed by atoms with E-state index in [1.165, 1.54) is 12.0 Å². The first-order valence-electron chi connectivity index (χ1n) is 5.41. The first-order chi connectivity index (χ1) is 7.22. The molecule has 1 heteroatoms. The summed E-state index contributed by atoms with van der Waals surface area (Å²) in [6.07, 6.45) is 11.5. The van der Waals surface area contributed by atoms with Crippen LogP contribution in [0.4, 0.5) is 0 Å². The van der Waals surface area contributed by atoms with Crippen molar-refractivity contribution >= 4 is 6.72 Å². The van der Waals surface area contributed by atoms with Gasteiger partial charge < -0.3 is 0 Å². The summed E-state index contributed by atoms with van der Waals surface area (Å²) in [5.41, 5.74) is 2.25. The van der Waals surface area contributed by atoms with Crippen LogP contribution in [0.3, 0.4) is 0 Å². The van der Waals surface area contributed by atoms with Gasteiger partial charge in [-0.1, -0.05) is 44.7 Å². The Morgan fingerprint density at radius 1 is 1.60 bits per heavy atom. The third kappa shape index (κ3) is 2.79. The molecule has 1 aliphatic carbocycles. The molecule has 1 nitrogen and oxygen atoms in total. The van der Waals surface area contributed by atoms with E-state index >= 15 is 0 Å². The van der Waals surface area contributed by atoms with Gasteiger partial charge in [-0.2, -0.15) is 0 Å². The monoisotopic (exact) mass is 201 g/mol. The lowest BCUT2D eigenvalue weighted by Gasteiger charge is -2.21. The lowest BCUT2D eigenvalue weighted by atomic mass is 9.84. The molecular weight excluding hydrogens is 182 g/mol. The van der Waals surface area contributed by atoms with Crippen LogP contribution in [0.2, 0.25) is 0 Å². The minimum absolute atomic E-state index is 0.586. The van der Waals surface area contributed by atoms with Crippen LogP contribution < -0.4 is 0 Å². The molecule has 0 aromatic rings. The second kappa shape index (κ2) is 5.50. The van der Waals surface area contributed by atoms with Gasteiger partial charge in [-0.15, -0.1) is 0 Å². The Kier molecular flexibility index (Phi) is 4.29. The van der Waals surface area contributed by atoms with Gasteiger partial charge in [0, 0.05) is 6.20 Å². The van der Waals surface area contributed by atoms with E-state index in [2.05, 4.69) is 50.4 Å². The van der Waals surface area contributed by atoms with Gasteiger partial charge in [0.05, 0.1) is 0 Å². The highest BCUT2D eigenvalue weighted by atomic mass is 14.6. The molecule has 15 heavy (non-hydrogen) atoms. The number of rotatable bonds is 4. The smallest absolute Gasteiger partial charge is 0.0338 e. The summed E-state index contributed by atoms with van der Waals surface area (Å²) in [7, 11) is 0. The molecule has 2 atom stereocenters. The summed E-state index contributed by atoms with van der Waals surface area (Å²) in [6.45, 7) is 11.7. The third-order valence-electron chi connectivity index (χ3n) is 2.90. The molecule has 0 aromatic carbocycles. The molecule has 0 saturated carbocycles. The first-order valence-corrected chi connectivity index (χ1v) is 5.41. The van der Waals surface area contributed by atoms with E-state index in [4.69, 9.17) is 0 Å². The maximum atomic E-state index is 3.79. The largest absolute Gasteiger partial charge is 0.272 e. The molecule has 1 rings (SSSR count). The van der Waals surface area contributed by atoms with Crippen molar-refractivity contribution in [1.29, 1.82) is 0 Å². The van der Waals surface area contributed by atoms with E-state index in [0.717, 1.165) is 5.57 Å². The predicted molar refractivity (Wildman–Crippen MR) is 68.0 cm³/mol. The molecule has 80 valence electrons. The van der Waals surface area contributed by atoms with Crippen LogP contribution in [0.25, 0.3) is 0 Å². The van der Waals surface area contributed by atoms with E-state index in [-0.39, 0.29) is 0 Å².